The molecule has 0 aromatic carbocycles. The maximum atomic E-state index is 11.2. The molecule has 1 aliphatic rings. The first-order valence-electron chi connectivity index (χ1n) is 4.73. The zero-order chi connectivity index (χ0) is 9.97. The Morgan fingerprint density at radius 1 is 1.64 bits per heavy atom. The van der Waals surface area contributed by atoms with Gasteiger partial charge in [-0.05, 0) is 19.3 Å². The third kappa shape index (κ3) is 1.72. The molecule has 0 saturated carbocycles. The van der Waals surface area contributed by atoms with Crippen LogP contribution in [0.25, 0.3) is 0 Å². The number of amides is 2. The average molecular weight is 211 g/mol. The number of piperidine rings is 1. The molecule has 76 valence electrons. The first-order valence-corrected chi connectivity index (χ1v) is 5.61. The van der Waals surface area contributed by atoms with E-state index in [1.54, 1.807) is 21.7 Å². The number of carbonyl (C=O) groups excluding carboxylic acids is 1. The smallest absolute Gasteiger partial charge is 0.315 e. The maximum absolute atomic E-state index is 11.2. The van der Waals surface area contributed by atoms with Gasteiger partial charge in [-0.2, -0.15) is 0 Å². The Morgan fingerprint density at radius 2 is 2.50 bits per heavy atom. The van der Waals surface area contributed by atoms with Crippen molar-refractivity contribution in [2.45, 2.75) is 25.3 Å². The number of aromatic nitrogens is 1. The molecule has 1 aliphatic heterocycles. The van der Waals surface area contributed by atoms with Gasteiger partial charge in [0.2, 0.25) is 0 Å². The molecule has 0 aliphatic carbocycles. The zero-order valence-electron chi connectivity index (χ0n) is 7.85. The minimum atomic E-state index is -0.317. The number of urea groups is 1. The monoisotopic (exact) mass is 211 g/mol. The fourth-order valence-electron chi connectivity index (χ4n) is 1.88. The van der Waals surface area contributed by atoms with Crippen LogP contribution in [-0.4, -0.2) is 22.5 Å². The summed E-state index contributed by atoms with van der Waals surface area (Å²) >= 11 is 1.59. The van der Waals surface area contributed by atoms with E-state index in [-0.39, 0.29) is 12.1 Å². The molecule has 1 unspecified atom stereocenters. The number of nitrogens with zero attached hydrogens (tertiary/aromatic N) is 2. The van der Waals surface area contributed by atoms with Crippen molar-refractivity contribution in [2.75, 3.05) is 6.54 Å². The second-order valence-electron chi connectivity index (χ2n) is 3.45. The van der Waals surface area contributed by atoms with E-state index in [2.05, 4.69) is 4.98 Å². The van der Waals surface area contributed by atoms with Gasteiger partial charge in [0, 0.05) is 17.6 Å². The van der Waals surface area contributed by atoms with Gasteiger partial charge in [-0.15, -0.1) is 11.3 Å². The van der Waals surface area contributed by atoms with Gasteiger partial charge >= 0.3 is 6.03 Å². The fraction of sp³-hybridized carbons (Fsp3) is 0.556. The molecule has 1 fully saturated rings. The molecular formula is C9H13N3OS. The van der Waals surface area contributed by atoms with Gasteiger partial charge in [0.1, 0.15) is 0 Å². The van der Waals surface area contributed by atoms with Gasteiger partial charge in [0.05, 0.1) is 11.6 Å². The van der Waals surface area contributed by atoms with Gasteiger partial charge in [-0.1, -0.05) is 0 Å². The lowest BCUT2D eigenvalue weighted by Gasteiger charge is -2.33. The van der Waals surface area contributed by atoms with E-state index >= 15 is 0 Å². The zero-order valence-corrected chi connectivity index (χ0v) is 8.67. The van der Waals surface area contributed by atoms with Crippen molar-refractivity contribution in [1.82, 2.24) is 9.88 Å². The summed E-state index contributed by atoms with van der Waals surface area (Å²) in [5, 5.41) is 0. The normalized spacial score (nSPS) is 22.3. The molecule has 0 bridgehead atoms. The SMILES string of the molecule is NC(=O)N1CCCCC1c1cncs1. The molecule has 2 heterocycles. The van der Waals surface area contributed by atoms with Crippen LogP contribution in [0, 0.1) is 0 Å². The van der Waals surface area contributed by atoms with Crippen LogP contribution in [0.1, 0.15) is 30.2 Å². The Morgan fingerprint density at radius 3 is 3.14 bits per heavy atom. The number of thiazole rings is 1. The van der Waals surface area contributed by atoms with Crippen LogP contribution in [0.5, 0.6) is 0 Å². The van der Waals surface area contributed by atoms with E-state index in [4.69, 9.17) is 5.73 Å². The van der Waals surface area contributed by atoms with Crippen molar-refractivity contribution in [3.05, 3.63) is 16.6 Å². The van der Waals surface area contributed by atoms with E-state index in [1.807, 2.05) is 6.20 Å². The number of hydrogen-bond donors (Lipinski definition) is 1. The first-order chi connectivity index (χ1) is 6.79. The van der Waals surface area contributed by atoms with Crippen molar-refractivity contribution in [3.8, 4) is 0 Å². The fourth-order valence-corrected chi connectivity index (χ4v) is 2.65. The van der Waals surface area contributed by atoms with E-state index in [9.17, 15) is 4.79 Å². The topological polar surface area (TPSA) is 59.2 Å². The number of likely N-dealkylation sites (tertiary alicyclic amines) is 1. The molecule has 1 saturated heterocycles. The van der Waals surface area contributed by atoms with Crippen LogP contribution in [0.3, 0.4) is 0 Å². The predicted molar refractivity (Wildman–Crippen MR) is 55.0 cm³/mol. The molecule has 1 atom stereocenters. The van der Waals surface area contributed by atoms with Crippen molar-refractivity contribution in [2.24, 2.45) is 5.73 Å². The van der Waals surface area contributed by atoms with Crippen LogP contribution in [0.4, 0.5) is 4.79 Å². The van der Waals surface area contributed by atoms with Crippen molar-refractivity contribution in [1.29, 1.82) is 0 Å². The third-order valence-electron chi connectivity index (χ3n) is 2.57. The van der Waals surface area contributed by atoms with Gasteiger partial charge in [-0.25, -0.2) is 4.79 Å². The summed E-state index contributed by atoms with van der Waals surface area (Å²) in [6, 6.07) is -0.156. The molecule has 0 spiro atoms. The molecule has 2 rings (SSSR count). The van der Waals surface area contributed by atoms with Crippen LogP contribution >= 0.6 is 11.3 Å². The summed E-state index contributed by atoms with van der Waals surface area (Å²) in [5.74, 6) is 0. The quantitative estimate of drug-likeness (QED) is 0.769. The number of hydrogen-bond acceptors (Lipinski definition) is 3. The standard InChI is InChI=1S/C9H13N3OS/c10-9(13)12-4-2-1-3-7(12)8-5-11-6-14-8/h5-7H,1-4H2,(H2,10,13). The summed E-state index contributed by atoms with van der Waals surface area (Å²) in [4.78, 5) is 18.1. The summed E-state index contributed by atoms with van der Waals surface area (Å²) in [6.45, 7) is 0.776. The Bertz CT molecular complexity index is 312. The molecule has 0 radical (unpaired) electrons. The molecule has 4 nitrogen and oxygen atoms in total. The highest BCUT2D eigenvalue weighted by Gasteiger charge is 2.27. The van der Waals surface area contributed by atoms with Gasteiger partial charge in [0.25, 0.3) is 0 Å². The molecule has 2 amide bonds. The number of rotatable bonds is 1. The summed E-state index contributed by atoms with van der Waals surface area (Å²) in [7, 11) is 0. The maximum Gasteiger partial charge on any atom is 0.315 e. The van der Waals surface area contributed by atoms with Crippen LogP contribution in [0.2, 0.25) is 0 Å². The van der Waals surface area contributed by atoms with Crippen LogP contribution in [0.15, 0.2) is 11.7 Å². The van der Waals surface area contributed by atoms with Crippen LogP contribution < -0.4 is 5.73 Å². The lowest BCUT2D eigenvalue weighted by Crippen LogP contribution is -2.41. The van der Waals surface area contributed by atoms with Gasteiger partial charge in [-0.3, -0.25) is 4.98 Å². The minimum absolute atomic E-state index is 0.161. The molecule has 5 heteroatoms. The van der Waals surface area contributed by atoms with Gasteiger partial charge in [0.15, 0.2) is 0 Å². The summed E-state index contributed by atoms with van der Waals surface area (Å²) in [6.07, 6.45) is 5.05. The highest BCUT2D eigenvalue weighted by molar-refractivity contribution is 7.09. The Balaban J connectivity index is 2.18. The van der Waals surface area contributed by atoms with E-state index in [1.165, 1.54) is 0 Å². The van der Waals surface area contributed by atoms with Crippen molar-refractivity contribution in [3.63, 3.8) is 0 Å². The molecule has 1 aromatic heterocycles. The second kappa shape index (κ2) is 3.96. The number of primary amides is 1. The minimum Gasteiger partial charge on any atom is -0.351 e. The van der Waals surface area contributed by atoms with Crippen LogP contribution in [-0.2, 0) is 0 Å². The molecule has 2 N–H and O–H groups in total. The van der Waals surface area contributed by atoms with E-state index in [0.29, 0.717) is 0 Å². The van der Waals surface area contributed by atoms with Gasteiger partial charge < -0.3 is 10.6 Å². The number of nitrogens with two attached hydrogens (primary N) is 1. The average Bonchev–Trinajstić information content (AvgIpc) is 2.70. The molecular weight excluding hydrogens is 198 g/mol. The Hall–Kier alpha value is -1.10. The van der Waals surface area contributed by atoms with Crippen molar-refractivity contribution >= 4 is 17.4 Å². The lowest BCUT2D eigenvalue weighted by atomic mass is 10.0. The molecule has 14 heavy (non-hydrogen) atoms. The highest BCUT2D eigenvalue weighted by atomic mass is 32.1. The second-order valence-corrected chi connectivity index (χ2v) is 4.36. The largest absolute Gasteiger partial charge is 0.351 e. The van der Waals surface area contributed by atoms with E-state index < -0.39 is 0 Å². The first kappa shape index (κ1) is 9.45. The predicted octanol–water partition coefficient (Wildman–Crippen LogP) is 1.75. The lowest BCUT2D eigenvalue weighted by molar-refractivity contribution is 0.161. The highest BCUT2D eigenvalue weighted by Crippen LogP contribution is 2.32. The number of carbonyl (C=O) groups is 1. The van der Waals surface area contributed by atoms with E-state index in [0.717, 1.165) is 30.7 Å². The summed E-state index contributed by atoms with van der Waals surface area (Å²) in [5.41, 5.74) is 7.13. The Labute approximate surface area is 86.7 Å². The third-order valence-corrected chi connectivity index (χ3v) is 3.44. The van der Waals surface area contributed by atoms with Crippen molar-refractivity contribution < 1.29 is 4.79 Å². The Kier molecular flexibility index (Phi) is 2.67. The molecule has 1 aromatic rings. The summed E-state index contributed by atoms with van der Waals surface area (Å²) < 4.78 is 0.